The smallest absolute Gasteiger partial charge is 0.341 e. The molecule has 0 radical (unpaired) electrons. The van der Waals surface area contributed by atoms with Gasteiger partial charge in [-0.05, 0) is 28.1 Å². The van der Waals surface area contributed by atoms with Gasteiger partial charge in [0.25, 0.3) is 0 Å². The molecule has 0 unspecified atom stereocenters. The lowest BCUT2D eigenvalue weighted by Crippen LogP contribution is -2.07. The fourth-order valence-electron chi connectivity index (χ4n) is 1.74. The van der Waals surface area contributed by atoms with Crippen molar-refractivity contribution in [3.05, 3.63) is 33.4 Å². The van der Waals surface area contributed by atoms with Gasteiger partial charge in [-0.15, -0.1) is 0 Å². The molecule has 94 valence electrons. The van der Waals surface area contributed by atoms with E-state index in [4.69, 9.17) is 16.3 Å². The van der Waals surface area contributed by atoms with Crippen molar-refractivity contribution >= 4 is 50.1 Å². The summed E-state index contributed by atoms with van der Waals surface area (Å²) in [4.78, 5) is 15.9. The van der Waals surface area contributed by atoms with E-state index in [0.29, 0.717) is 26.3 Å². The van der Waals surface area contributed by atoms with Gasteiger partial charge >= 0.3 is 5.97 Å². The van der Waals surface area contributed by atoms with Gasteiger partial charge in [0.15, 0.2) is 0 Å². The van der Waals surface area contributed by atoms with Gasteiger partial charge in [-0.3, -0.25) is 4.98 Å². The number of hydrogen-bond acceptors (Lipinski definition) is 4. The number of halogens is 2. The van der Waals surface area contributed by atoms with Gasteiger partial charge in [0.2, 0.25) is 0 Å². The molecule has 0 saturated heterocycles. The standard InChI is InChI=1S/C12H10BrClN2O2/c1-15-10-6-3-4-8(14)9(13)11(6)16-5-7(10)12(17)18-2/h3-5H,1-2H3,(H,15,16). The van der Waals surface area contributed by atoms with Crippen LogP contribution in [-0.4, -0.2) is 25.1 Å². The molecule has 2 aromatic rings. The maximum absolute atomic E-state index is 11.6. The molecule has 1 heterocycles. The molecule has 2 rings (SSSR count). The van der Waals surface area contributed by atoms with Crippen molar-refractivity contribution in [3.63, 3.8) is 0 Å². The lowest BCUT2D eigenvalue weighted by Gasteiger charge is -2.11. The minimum atomic E-state index is -0.431. The van der Waals surface area contributed by atoms with Crippen LogP contribution >= 0.6 is 27.5 Å². The van der Waals surface area contributed by atoms with Crippen LogP contribution in [0.1, 0.15) is 10.4 Å². The number of aromatic nitrogens is 1. The second-order valence-corrected chi connectivity index (χ2v) is 4.75. The molecule has 6 heteroatoms. The molecule has 0 amide bonds. The normalized spacial score (nSPS) is 10.4. The monoisotopic (exact) mass is 328 g/mol. The molecule has 1 aromatic heterocycles. The van der Waals surface area contributed by atoms with Crippen molar-refractivity contribution in [2.45, 2.75) is 0 Å². The van der Waals surface area contributed by atoms with Crippen LogP contribution in [0.25, 0.3) is 10.9 Å². The Bertz CT molecular complexity index is 631. The highest BCUT2D eigenvalue weighted by Crippen LogP contribution is 2.34. The summed E-state index contributed by atoms with van der Waals surface area (Å²) >= 11 is 9.40. The van der Waals surface area contributed by atoms with E-state index in [1.54, 1.807) is 13.1 Å². The number of ether oxygens (including phenoxy) is 1. The van der Waals surface area contributed by atoms with Gasteiger partial charge in [0.05, 0.1) is 27.8 Å². The van der Waals surface area contributed by atoms with E-state index in [9.17, 15) is 4.79 Å². The molecule has 4 nitrogen and oxygen atoms in total. The Morgan fingerprint density at radius 3 is 2.83 bits per heavy atom. The van der Waals surface area contributed by atoms with Crippen LogP contribution in [0.5, 0.6) is 0 Å². The summed E-state index contributed by atoms with van der Waals surface area (Å²) in [5, 5.41) is 4.37. The number of hydrogen-bond donors (Lipinski definition) is 1. The minimum Gasteiger partial charge on any atom is -0.465 e. The first-order chi connectivity index (χ1) is 8.60. The zero-order chi connectivity index (χ0) is 13.3. The SMILES string of the molecule is CNc1c(C(=O)OC)cnc2c(Br)c(Cl)ccc12. The molecule has 0 aliphatic rings. The van der Waals surface area contributed by atoms with Gasteiger partial charge in [0.1, 0.15) is 5.56 Å². The lowest BCUT2D eigenvalue weighted by molar-refractivity contribution is 0.0601. The van der Waals surface area contributed by atoms with Gasteiger partial charge in [0, 0.05) is 18.6 Å². The Morgan fingerprint density at radius 1 is 1.50 bits per heavy atom. The number of rotatable bonds is 2. The summed E-state index contributed by atoms with van der Waals surface area (Å²) in [6.07, 6.45) is 1.47. The molecule has 1 N–H and O–H groups in total. The number of benzene rings is 1. The second kappa shape index (κ2) is 5.12. The summed E-state index contributed by atoms with van der Waals surface area (Å²) in [5.41, 5.74) is 1.76. The maximum Gasteiger partial charge on any atom is 0.341 e. The van der Waals surface area contributed by atoms with Crippen LogP contribution in [0.4, 0.5) is 5.69 Å². The summed E-state index contributed by atoms with van der Waals surface area (Å²) < 4.78 is 5.43. The average Bonchev–Trinajstić information content (AvgIpc) is 2.40. The van der Waals surface area contributed by atoms with E-state index >= 15 is 0 Å². The fraction of sp³-hybridized carbons (Fsp3) is 0.167. The van der Waals surface area contributed by atoms with Crippen LogP contribution < -0.4 is 5.32 Å². The zero-order valence-corrected chi connectivity index (χ0v) is 12.1. The molecule has 0 atom stereocenters. The molecule has 0 spiro atoms. The Morgan fingerprint density at radius 2 is 2.22 bits per heavy atom. The van der Waals surface area contributed by atoms with Crippen LogP contribution in [0.15, 0.2) is 22.8 Å². The van der Waals surface area contributed by atoms with Gasteiger partial charge < -0.3 is 10.1 Å². The Balaban J connectivity index is 2.81. The van der Waals surface area contributed by atoms with E-state index in [1.807, 2.05) is 6.07 Å². The third-order valence-electron chi connectivity index (χ3n) is 2.59. The predicted octanol–water partition coefficient (Wildman–Crippen LogP) is 3.48. The highest BCUT2D eigenvalue weighted by atomic mass is 79.9. The van der Waals surface area contributed by atoms with Crippen LogP contribution in [0.2, 0.25) is 5.02 Å². The number of anilines is 1. The third kappa shape index (κ3) is 2.04. The van der Waals surface area contributed by atoms with Crippen molar-refractivity contribution in [3.8, 4) is 0 Å². The quantitative estimate of drug-likeness (QED) is 0.857. The van der Waals surface area contributed by atoms with E-state index in [-0.39, 0.29) is 0 Å². The first-order valence-electron chi connectivity index (χ1n) is 5.13. The van der Waals surface area contributed by atoms with Crippen molar-refractivity contribution in [2.24, 2.45) is 0 Å². The predicted molar refractivity (Wildman–Crippen MR) is 75.3 cm³/mol. The minimum absolute atomic E-state index is 0.390. The van der Waals surface area contributed by atoms with E-state index in [0.717, 1.165) is 5.39 Å². The molecule has 1 aromatic carbocycles. The van der Waals surface area contributed by atoms with Crippen molar-refractivity contribution < 1.29 is 9.53 Å². The second-order valence-electron chi connectivity index (χ2n) is 3.55. The number of methoxy groups -OCH3 is 1. The molecule has 0 saturated carbocycles. The largest absolute Gasteiger partial charge is 0.465 e. The van der Waals surface area contributed by atoms with Gasteiger partial charge in [-0.2, -0.15) is 0 Å². The number of pyridine rings is 1. The summed E-state index contributed by atoms with van der Waals surface area (Å²) in [7, 11) is 3.08. The van der Waals surface area contributed by atoms with Crippen molar-refractivity contribution in [1.29, 1.82) is 0 Å². The fourth-order valence-corrected chi connectivity index (χ4v) is 2.34. The average molecular weight is 330 g/mol. The molecule has 0 aliphatic heterocycles. The number of nitrogens with one attached hydrogen (secondary N) is 1. The Labute approximate surface area is 117 Å². The third-order valence-corrected chi connectivity index (χ3v) is 3.93. The van der Waals surface area contributed by atoms with E-state index in [1.165, 1.54) is 13.3 Å². The van der Waals surface area contributed by atoms with Crippen LogP contribution in [0.3, 0.4) is 0 Å². The van der Waals surface area contributed by atoms with E-state index in [2.05, 4.69) is 26.2 Å². The molecule has 0 aliphatic carbocycles. The molecular formula is C12H10BrClN2O2. The van der Waals surface area contributed by atoms with Gasteiger partial charge in [-0.1, -0.05) is 11.6 Å². The Kier molecular flexibility index (Phi) is 3.73. The summed E-state index contributed by atoms with van der Waals surface area (Å²) in [5.74, 6) is -0.431. The molecular weight excluding hydrogens is 320 g/mol. The maximum atomic E-state index is 11.6. The van der Waals surface area contributed by atoms with Crippen LogP contribution in [0, 0.1) is 0 Å². The first kappa shape index (κ1) is 13.1. The van der Waals surface area contributed by atoms with E-state index < -0.39 is 5.97 Å². The Hall–Kier alpha value is -1.33. The number of fused-ring (bicyclic) bond motifs is 1. The lowest BCUT2D eigenvalue weighted by atomic mass is 10.1. The number of esters is 1. The summed E-state index contributed by atoms with van der Waals surface area (Å²) in [6.45, 7) is 0. The van der Waals surface area contributed by atoms with Crippen molar-refractivity contribution in [2.75, 3.05) is 19.5 Å². The number of carbonyl (C=O) groups is 1. The number of nitrogens with zero attached hydrogens (tertiary/aromatic N) is 1. The molecule has 18 heavy (non-hydrogen) atoms. The molecule has 0 bridgehead atoms. The van der Waals surface area contributed by atoms with Crippen molar-refractivity contribution in [1.82, 2.24) is 4.98 Å². The first-order valence-corrected chi connectivity index (χ1v) is 6.30. The molecule has 0 fully saturated rings. The van der Waals surface area contributed by atoms with Crippen LogP contribution in [-0.2, 0) is 4.74 Å². The summed E-state index contributed by atoms with van der Waals surface area (Å²) in [6, 6.07) is 3.56. The van der Waals surface area contributed by atoms with Gasteiger partial charge in [-0.25, -0.2) is 4.79 Å². The number of carbonyl (C=O) groups excluding carboxylic acids is 1. The zero-order valence-electron chi connectivity index (χ0n) is 9.75. The highest BCUT2D eigenvalue weighted by Gasteiger charge is 2.16. The topological polar surface area (TPSA) is 51.2 Å². The highest BCUT2D eigenvalue weighted by molar-refractivity contribution is 9.10.